The molecule has 124 valence electrons. The van der Waals surface area contributed by atoms with Gasteiger partial charge in [0.1, 0.15) is 0 Å². The fourth-order valence-electron chi connectivity index (χ4n) is 2.34. The lowest BCUT2D eigenvalue weighted by Gasteiger charge is -2.16. The van der Waals surface area contributed by atoms with Gasteiger partial charge in [-0.2, -0.15) is 8.42 Å². The molecule has 0 heterocycles. The maximum Gasteiger partial charge on any atom is 0.294 e. The van der Waals surface area contributed by atoms with E-state index >= 15 is 0 Å². The second-order valence-electron chi connectivity index (χ2n) is 5.90. The Balaban J connectivity index is 2.39. The highest BCUT2D eigenvalue weighted by Crippen LogP contribution is 2.25. The number of nitrogens with zero attached hydrogens (tertiary/aromatic N) is 2. The van der Waals surface area contributed by atoms with Crippen LogP contribution in [0, 0.1) is 0 Å². The molecule has 6 heteroatoms. The summed E-state index contributed by atoms with van der Waals surface area (Å²) in [7, 11) is 3.31. The van der Waals surface area contributed by atoms with Gasteiger partial charge in [0, 0.05) is 39.6 Å². The second-order valence-corrected chi connectivity index (χ2v) is 7.29. The Morgan fingerprint density at radius 3 is 1.87 bits per heavy atom. The number of anilines is 2. The molecular formula is C17H22N2O3S. The van der Waals surface area contributed by atoms with Crippen molar-refractivity contribution in [3.8, 4) is 0 Å². The molecular weight excluding hydrogens is 312 g/mol. The Morgan fingerprint density at radius 1 is 0.870 bits per heavy atom. The average molecular weight is 334 g/mol. The van der Waals surface area contributed by atoms with Crippen molar-refractivity contribution in [2.45, 2.75) is 11.3 Å². The topological polar surface area (TPSA) is 60.9 Å². The monoisotopic (exact) mass is 334 g/mol. The molecule has 2 aromatic carbocycles. The summed E-state index contributed by atoms with van der Waals surface area (Å²) in [5, 5.41) is 0. The van der Waals surface area contributed by atoms with Crippen molar-refractivity contribution < 1.29 is 13.0 Å². The number of benzene rings is 2. The highest BCUT2D eigenvalue weighted by molar-refractivity contribution is 7.85. The molecule has 0 saturated heterocycles. The molecule has 0 radical (unpaired) electrons. The SMILES string of the molecule is CN(C)c1ccc(Cc2ccc(N(C)C)cc2S(=O)(=O)O)cc1. The van der Waals surface area contributed by atoms with Crippen molar-refractivity contribution in [2.24, 2.45) is 0 Å². The van der Waals surface area contributed by atoms with E-state index in [1.165, 1.54) is 6.07 Å². The quantitative estimate of drug-likeness (QED) is 0.852. The zero-order chi connectivity index (χ0) is 17.2. The zero-order valence-electron chi connectivity index (χ0n) is 13.8. The van der Waals surface area contributed by atoms with Gasteiger partial charge in [-0.1, -0.05) is 18.2 Å². The molecule has 0 saturated carbocycles. The molecule has 2 aromatic rings. The first-order chi connectivity index (χ1) is 10.7. The average Bonchev–Trinajstić information content (AvgIpc) is 2.46. The zero-order valence-corrected chi connectivity index (χ0v) is 14.6. The van der Waals surface area contributed by atoms with Gasteiger partial charge in [0.2, 0.25) is 0 Å². The van der Waals surface area contributed by atoms with Crippen LogP contribution in [0.2, 0.25) is 0 Å². The minimum atomic E-state index is -4.27. The van der Waals surface area contributed by atoms with Crippen LogP contribution in [-0.2, 0) is 16.5 Å². The van der Waals surface area contributed by atoms with Gasteiger partial charge in [0.05, 0.1) is 4.90 Å². The van der Waals surface area contributed by atoms with Crippen LogP contribution in [0.3, 0.4) is 0 Å². The van der Waals surface area contributed by atoms with E-state index in [2.05, 4.69) is 0 Å². The number of hydrogen-bond acceptors (Lipinski definition) is 4. The van der Waals surface area contributed by atoms with E-state index < -0.39 is 10.1 Å². The summed E-state index contributed by atoms with van der Waals surface area (Å²) in [6.45, 7) is 0. The van der Waals surface area contributed by atoms with E-state index in [0.717, 1.165) is 16.9 Å². The summed E-state index contributed by atoms with van der Waals surface area (Å²) in [4.78, 5) is 3.75. The van der Waals surface area contributed by atoms with Gasteiger partial charge < -0.3 is 9.80 Å². The maximum atomic E-state index is 11.7. The van der Waals surface area contributed by atoms with E-state index in [1.54, 1.807) is 11.0 Å². The standard InChI is InChI=1S/C17H22N2O3S/c1-18(2)15-8-5-13(6-9-15)11-14-7-10-16(19(3)4)12-17(14)23(20,21)22/h5-10,12H,11H2,1-4H3,(H,20,21,22). The van der Waals surface area contributed by atoms with Gasteiger partial charge in [0.25, 0.3) is 10.1 Å². The van der Waals surface area contributed by atoms with Crippen molar-refractivity contribution in [3.05, 3.63) is 53.6 Å². The van der Waals surface area contributed by atoms with Crippen LogP contribution in [0.5, 0.6) is 0 Å². The Kier molecular flexibility index (Phi) is 4.97. The van der Waals surface area contributed by atoms with E-state index in [1.807, 2.05) is 63.4 Å². The summed E-state index contributed by atoms with van der Waals surface area (Å²) in [6, 6.07) is 13.0. The highest BCUT2D eigenvalue weighted by Gasteiger charge is 2.17. The first-order valence-electron chi connectivity index (χ1n) is 7.22. The van der Waals surface area contributed by atoms with Gasteiger partial charge in [-0.25, -0.2) is 0 Å². The molecule has 0 spiro atoms. The number of hydrogen-bond donors (Lipinski definition) is 1. The molecule has 0 amide bonds. The van der Waals surface area contributed by atoms with Gasteiger partial charge in [-0.15, -0.1) is 0 Å². The molecule has 5 nitrogen and oxygen atoms in total. The molecule has 0 bridgehead atoms. The summed E-state index contributed by atoms with van der Waals surface area (Å²) in [6.07, 6.45) is 0.441. The predicted octanol–water partition coefficient (Wildman–Crippen LogP) is 2.66. The van der Waals surface area contributed by atoms with Crippen LogP contribution in [0.25, 0.3) is 0 Å². The molecule has 0 atom stereocenters. The lowest BCUT2D eigenvalue weighted by atomic mass is 10.0. The molecule has 0 fully saturated rings. The third kappa shape index (κ3) is 4.24. The van der Waals surface area contributed by atoms with Crippen molar-refractivity contribution in [1.82, 2.24) is 0 Å². The van der Waals surface area contributed by atoms with E-state index in [-0.39, 0.29) is 4.90 Å². The van der Waals surface area contributed by atoms with Gasteiger partial charge in [-0.3, -0.25) is 4.55 Å². The summed E-state index contributed by atoms with van der Waals surface area (Å²) < 4.78 is 32.9. The highest BCUT2D eigenvalue weighted by atomic mass is 32.2. The first kappa shape index (κ1) is 17.3. The Labute approximate surface area is 137 Å². The van der Waals surface area contributed by atoms with Crippen molar-refractivity contribution in [1.29, 1.82) is 0 Å². The smallest absolute Gasteiger partial charge is 0.294 e. The summed E-state index contributed by atoms with van der Waals surface area (Å²) in [5.41, 5.74) is 3.37. The Bertz CT molecular complexity index is 782. The van der Waals surface area contributed by atoms with Crippen LogP contribution in [-0.4, -0.2) is 41.2 Å². The largest absolute Gasteiger partial charge is 0.378 e. The predicted molar refractivity (Wildman–Crippen MR) is 94.2 cm³/mol. The van der Waals surface area contributed by atoms with E-state index in [9.17, 15) is 13.0 Å². The summed E-state index contributed by atoms with van der Waals surface area (Å²) >= 11 is 0. The Morgan fingerprint density at radius 2 is 1.39 bits per heavy atom. The molecule has 0 aliphatic carbocycles. The molecule has 0 aliphatic rings. The second kappa shape index (κ2) is 6.60. The summed E-state index contributed by atoms with van der Waals surface area (Å²) in [5.74, 6) is 0. The fourth-order valence-corrected chi connectivity index (χ4v) is 3.08. The third-order valence-electron chi connectivity index (χ3n) is 3.69. The van der Waals surface area contributed by atoms with Gasteiger partial charge in [0.15, 0.2) is 0 Å². The molecule has 0 aliphatic heterocycles. The van der Waals surface area contributed by atoms with E-state index in [4.69, 9.17) is 0 Å². The van der Waals surface area contributed by atoms with E-state index in [0.29, 0.717) is 12.0 Å². The third-order valence-corrected chi connectivity index (χ3v) is 4.63. The Hall–Kier alpha value is -2.05. The molecule has 23 heavy (non-hydrogen) atoms. The van der Waals surface area contributed by atoms with Gasteiger partial charge in [-0.05, 0) is 41.8 Å². The van der Waals surface area contributed by atoms with Crippen LogP contribution in [0.4, 0.5) is 11.4 Å². The molecule has 0 unspecified atom stereocenters. The lowest BCUT2D eigenvalue weighted by Crippen LogP contribution is -2.11. The van der Waals surface area contributed by atoms with Crippen LogP contribution in [0.1, 0.15) is 11.1 Å². The van der Waals surface area contributed by atoms with Crippen LogP contribution in [0.15, 0.2) is 47.4 Å². The molecule has 1 N–H and O–H groups in total. The molecule has 2 rings (SSSR count). The molecule has 0 aromatic heterocycles. The first-order valence-corrected chi connectivity index (χ1v) is 8.66. The van der Waals surface area contributed by atoms with Crippen molar-refractivity contribution >= 4 is 21.5 Å². The maximum absolute atomic E-state index is 11.7. The number of rotatable bonds is 5. The van der Waals surface area contributed by atoms with Crippen LogP contribution >= 0.6 is 0 Å². The normalized spacial score (nSPS) is 11.3. The van der Waals surface area contributed by atoms with Crippen LogP contribution < -0.4 is 9.80 Å². The fraction of sp³-hybridized carbons (Fsp3) is 0.294. The lowest BCUT2D eigenvalue weighted by molar-refractivity contribution is 0.482. The van der Waals surface area contributed by atoms with Gasteiger partial charge >= 0.3 is 0 Å². The van der Waals surface area contributed by atoms with Crippen molar-refractivity contribution in [2.75, 3.05) is 38.0 Å². The van der Waals surface area contributed by atoms with Crippen molar-refractivity contribution in [3.63, 3.8) is 0 Å². The minimum Gasteiger partial charge on any atom is -0.378 e. The minimum absolute atomic E-state index is 0.0413.